The van der Waals surface area contributed by atoms with Gasteiger partial charge in [-0.05, 0) is 67.2 Å². The van der Waals surface area contributed by atoms with Gasteiger partial charge in [0.05, 0.1) is 30.4 Å². The van der Waals surface area contributed by atoms with Gasteiger partial charge in [-0.3, -0.25) is 4.79 Å². The van der Waals surface area contributed by atoms with Gasteiger partial charge in [0.15, 0.2) is 0 Å². The van der Waals surface area contributed by atoms with Crippen molar-refractivity contribution in [2.24, 2.45) is 0 Å². The third-order valence-corrected chi connectivity index (χ3v) is 5.96. The average Bonchev–Trinajstić information content (AvgIpc) is 3.27. The third-order valence-electron chi connectivity index (χ3n) is 5.96. The van der Waals surface area contributed by atoms with Crippen molar-refractivity contribution in [3.63, 3.8) is 0 Å². The van der Waals surface area contributed by atoms with Crippen LogP contribution in [0, 0.1) is 6.92 Å². The first-order valence-corrected chi connectivity index (χ1v) is 11.1. The number of carbonyl (C=O) groups is 1. The van der Waals surface area contributed by atoms with Crippen LogP contribution in [0.25, 0.3) is 22.6 Å². The predicted octanol–water partition coefficient (Wildman–Crippen LogP) is 5.35. The van der Waals surface area contributed by atoms with Gasteiger partial charge in [-0.25, -0.2) is 4.98 Å². The number of carbonyl (C=O) groups excluding carboxylic acids is 1. The lowest BCUT2D eigenvalue weighted by Crippen LogP contribution is -2.26. The molecule has 1 aliphatic carbocycles. The molecule has 6 heteroatoms. The second kappa shape index (κ2) is 8.90. The highest BCUT2D eigenvalue weighted by Gasteiger charge is 2.25. The van der Waals surface area contributed by atoms with E-state index in [0.717, 1.165) is 64.1 Å². The lowest BCUT2D eigenvalue weighted by atomic mass is 9.85. The Balaban J connectivity index is 1.56. The van der Waals surface area contributed by atoms with Gasteiger partial charge in [0.1, 0.15) is 17.2 Å². The number of pyridine rings is 1. The van der Waals surface area contributed by atoms with Crippen LogP contribution in [0.3, 0.4) is 0 Å². The summed E-state index contributed by atoms with van der Waals surface area (Å²) in [6, 6.07) is 17.6. The van der Waals surface area contributed by atoms with Crippen molar-refractivity contribution in [1.82, 2.24) is 15.5 Å². The fraction of sp³-hybridized carbons (Fsp3) is 0.222. The summed E-state index contributed by atoms with van der Waals surface area (Å²) in [6.45, 7) is 2.15. The first kappa shape index (κ1) is 20.9. The molecule has 0 bridgehead atoms. The standard InChI is InChI=1S/C27H25N3O3/c1-17-14-20(30-33-17)16-28-27(31)25-22-7-3-4-9-24(22)29-26-19(6-5-8-23(25)26)15-18-10-12-21(32-2)13-11-18/h3-4,7,9-15H,5-6,8,16H2,1-2H3,(H,28,31)/b19-15+. The van der Waals surface area contributed by atoms with Crippen molar-refractivity contribution in [2.45, 2.75) is 32.7 Å². The highest BCUT2D eigenvalue weighted by molar-refractivity contribution is 6.09. The van der Waals surface area contributed by atoms with E-state index in [1.165, 1.54) is 0 Å². The summed E-state index contributed by atoms with van der Waals surface area (Å²) < 4.78 is 10.4. The van der Waals surface area contributed by atoms with Gasteiger partial charge in [-0.1, -0.05) is 35.5 Å². The van der Waals surface area contributed by atoms with Gasteiger partial charge < -0.3 is 14.6 Å². The molecule has 166 valence electrons. The number of ether oxygens (including phenoxy) is 1. The summed E-state index contributed by atoms with van der Waals surface area (Å²) in [7, 11) is 1.66. The van der Waals surface area contributed by atoms with Crippen LogP contribution in [0.2, 0.25) is 0 Å². The number of hydrogen-bond donors (Lipinski definition) is 1. The number of allylic oxidation sites excluding steroid dienone is 1. The Morgan fingerprint density at radius 1 is 1.15 bits per heavy atom. The van der Waals surface area contributed by atoms with E-state index in [-0.39, 0.29) is 5.91 Å². The first-order valence-electron chi connectivity index (χ1n) is 11.1. The quantitative estimate of drug-likeness (QED) is 0.454. The van der Waals surface area contributed by atoms with Crippen molar-refractivity contribution < 1.29 is 14.1 Å². The molecule has 0 fully saturated rings. The van der Waals surface area contributed by atoms with Crippen LogP contribution in [0.15, 0.2) is 59.1 Å². The summed E-state index contributed by atoms with van der Waals surface area (Å²) in [5, 5.41) is 7.88. The van der Waals surface area contributed by atoms with E-state index < -0.39 is 0 Å². The lowest BCUT2D eigenvalue weighted by Gasteiger charge is -2.23. The molecule has 33 heavy (non-hydrogen) atoms. The number of nitrogens with zero attached hydrogens (tertiary/aromatic N) is 2. The van der Waals surface area contributed by atoms with Crippen LogP contribution in [0.1, 0.15) is 51.5 Å². The molecule has 0 saturated carbocycles. The number of rotatable bonds is 5. The topological polar surface area (TPSA) is 77.2 Å². The molecule has 4 aromatic rings. The van der Waals surface area contributed by atoms with E-state index in [9.17, 15) is 4.79 Å². The minimum absolute atomic E-state index is 0.115. The van der Waals surface area contributed by atoms with Crippen molar-refractivity contribution in [3.8, 4) is 5.75 Å². The summed E-state index contributed by atoms with van der Waals surface area (Å²) in [5.41, 5.74) is 6.38. The molecule has 6 nitrogen and oxygen atoms in total. The molecule has 0 radical (unpaired) electrons. The van der Waals surface area contributed by atoms with Crippen LogP contribution in [0.5, 0.6) is 5.75 Å². The van der Waals surface area contributed by atoms with Gasteiger partial charge in [-0.15, -0.1) is 0 Å². The van der Waals surface area contributed by atoms with Crippen LogP contribution in [-0.2, 0) is 13.0 Å². The fourth-order valence-electron chi connectivity index (χ4n) is 4.40. The van der Waals surface area contributed by atoms with Crippen LogP contribution in [0.4, 0.5) is 0 Å². The number of fused-ring (bicyclic) bond motifs is 2. The van der Waals surface area contributed by atoms with Crippen molar-refractivity contribution in [2.75, 3.05) is 7.11 Å². The van der Waals surface area contributed by atoms with E-state index in [2.05, 4.69) is 16.5 Å². The minimum atomic E-state index is -0.115. The predicted molar refractivity (Wildman–Crippen MR) is 128 cm³/mol. The number of amides is 1. The SMILES string of the molecule is COc1ccc(/C=C2\CCCc3c2nc2ccccc2c3C(=O)NCc2cc(C)on2)cc1. The third kappa shape index (κ3) is 4.24. The Hall–Kier alpha value is -3.93. The second-order valence-corrected chi connectivity index (χ2v) is 8.24. The Kier molecular flexibility index (Phi) is 5.65. The molecule has 0 spiro atoms. The van der Waals surface area contributed by atoms with Gasteiger partial charge in [0.25, 0.3) is 5.91 Å². The van der Waals surface area contributed by atoms with E-state index in [1.54, 1.807) is 7.11 Å². The molecule has 2 aromatic carbocycles. The maximum Gasteiger partial charge on any atom is 0.252 e. The maximum atomic E-state index is 13.4. The number of para-hydroxylation sites is 1. The smallest absolute Gasteiger partial charge is 0.252 e. The van der Waals surface area contributed by atoms with Gasteiger partial charge >= 0.3 is 0 Å². The molecule has 2 aromatic heterocycles. The van der Waals surface area contributed by atoms with Gasteiger partial charge in [0, 0.05) is 11.5 Å². The molecular weight excluding hydrogens is 414 g/mol. The maximum absolute atomic E-state index is 13.4. The van der Waals surface area contributed by atoms with E-state index in [0.29, 0.717) is 17.8 Å². The average molecular weight is 440 g/mol. The normalized spacial score (nSPS) is 14.3. The molecule has 0 unspecified atom stereocenters. The molecule has 0 aliphatic heterocycles. The van der Waals surface area contributed by atoms with E-state index >= 15 is 0 Å². The van der Waals surface area contributed by atoms with E-state index in [4.69, 9.17) is 14.2 Å². The summed E-state index contributed by atoms with van der Waals surface area (Å²) in [6.07, 6.45) is 4.87. The summed E-state index contributed by atoms with van der Waals surface area (Å²) in [4.78, 5) is 18.4. The van der Waals surface area contributed by atoms with Gasteiger partial charge in [-0.2, -0.15) is 0 Å². The summed E-state index contributed by atoms with van der Waals surface area (Å²) in [5.74, 6) is 1.43. The van der Waals surface area contributed by atoms with Crippen molar-refractivity contribution in [3.05, 3.63) is 88.4 Å². The zero-order chi connectivity index (χ0) is 22.8. The van der Waals surface area contributed by atoms with Crippen LogP contribution in [-0.4, -0.2) is 23.2 Å². The molecule has 0 saturated heterocycles. The Morgan fingerprint density at radius 2 is 1.97 bits per heavy atom. The van der Waals surface area contributed by atoms with Gasteiger partial charge in [0.2, 0.25) is 0 Å². The van der Waals surface area contributed by atoms with Crippen LogP contribution < -0.4 is 10.1 Å². The number of benzene rings is 2. The van der Waals surface area contributed by atoms with Crippen molar-refractivity contribution in [1.29, 1.82) is 0 Å². The fourth-order valence-corrected chi connectivity index (χ4v) is 4.40. The second-order valence-electron chi connectivity index (χ2n) is 8.24. The molecular formula is C27H25N3O3. The molecule has 5 rings (SSSR count). The molecule has 1 N–H and O–H groups in total. The Morgan fingerprint density at radius 3 is 2.73 bits per heavy atom. The minimum Gasteiger partial charge on any atom is -0.497 e. The number of methoxy groups -OCH3 is 1. The van der Waals surface area contributed by atoms with Crippen LogP contribution >= 0.6 is 0 Å². The number of aryl methyl sites for hydroxylation is 1. The van der Waals surface area contributed by atoms with Crippen molar-refractivity contribution >= 4 is 28.5 Å². The zero-order valence-electron chi connectivity index (χ0n) is 18.7. The zero-order valence-corrected chi connectivity index (χ0v) is 18.7. The summed E-state index contributed by atoms with van der Waals surface area (Å²) >= 11 is 0. The Bertz CT molecular complexity index is 1350. The highest BCUT2D eigenvalue weighted by Crippen LogP contribution is 2.36. The first-order chi connectivity index (χ1) is 16.1. The monoisotopic (exact) mass is 439 g/mol. The molecule has 1 aliphatic rings. The number of nitrogens with one attached hydrogen (secondary N) is 1. The molecule has 0 atom stereocenters. The highest BCUT2D eigenvalue weighted by atomic mass is 16.5. The Labute approximate surface area is 192 Å². The lowest BCUT2D eigenvalue weighted by molar-refractivity contribution is 0.0950. The number of hydrogen-bond acceptors (Lipinski definition) is 5. The molecule has 1 amide bonds. The molecule has 2 heterocycles. The van der Waals surface area contributed by atoms with E-state index in [1.807, 2.05) is 61.5 Å². The number of aromatic nitrogens is 2. The largest absolute Gasteiger partial charge is 0.497 e.